The van der Waals surface area contributed by atoms with Crippen molar-refractivity contribution in [3.05, 3.63) is 3.95 Å². The van der Waals surface area contributed by atoms with Crippen LogP contribution in [0.2, 0.25) is 0 Å². The highest BCUT2D eigenvalue weighted by Crippen LogP contribution is 2.28. The Morgan fingerprint density at radius 2 is 2.15 bits per heavy atom. The molecule has 4 nitrogen and oxygen atoms in total. The molecule has 0 saturated carbocycles. The third-order valence-electron chi connectivity index (χ3n) is 1.20. The molecule has 2 aromatic rings. The van der Waals surface area contributed by atoms with Crippen LogP contribution in [0, 0.1) is 3.95 Å². The van der Waals surface area contributed by atoms with Crippen LogP contribution in [0.5, 0.6) is 0 Å². The van der Waals surface area contributed by atoms with Crippen molar-refractivity contribution in [2.75, 3.05) is 6.26 Å². The second-order valence-corrected chi connectivity index (χ2v) is 5.69. The Bertz CT molecular complexity index is 455. The molecule has 0 radical (unpaired) electrons. The molecule has 0 fully saturated rings. The summed E-state index contributed by atoms with van der Waals surface area (Å²) in [6.45, 7) is 0. The number of aromatic amines is 1. The number of nitrogens with zero attached hydrogens (tertiary/aromatic N) is 3. The van der Waals surface area contributed by atoms with E-state index < -0.39 is 0 Å². The first-order valence-electron chi connectivity index (χ1n) is 3.23. The third-order valence-corrected chi connectivity index (χ3v) is 4.33. The highest BCUT2D eigenvalue weighted by molar-refractivity contribution is 8.00. The molecule has 2 aromatic heterocycles. The lowest BCUT2D eigenvalue weighted by atomic mass is 10.8. The van der Waals surface area contributed by atoms with Gasteiger partial charge in [0.2, 0.25) is 0 Å². The van der Waals surface area contributed by atoms with Crippen LogP contribution in [-0.2, 0) is 0 Å². The van der Waals surface area contributed by atoms with Crippen LogP contribution in [0.3, 0.4) is 0 Å². The second kappa shape index (κ2) is 3.82. The van der Waals surface area contributed by atoms with Crippen molar-refractivity contribution in [3.8, 4) is 10.0 Å². The number of rotatable bonds is 2. The highest BCUT2D eigenvalue weighted by Gasteiger charge is 2.08. The summed E-state index contributed by atoms with van der Waals surface area (Å²) in [4.78, 5) is 0. The molecular formula is C5H4N4S4. The zero-order chi connectivity index (χ0) is 9.26. The predicted octanol–water partition coefficient (Wildman–Crippen LogP) is 2.44. The molecular weight excluding hydrogens is 244 g/mol. The lowest BCUT2D eigenvalue weighted by Crippen LogP contribution is -1.74. The first-order valence-corrected chi connectivity index (χ1v) is 6.49. The summed E-state index contributed by atoms with van der Waals surface area (Å²) < 4.78 is 1.60. The maximum Gasteiger partial charge on any atom is 0.179 e. The zero-order valence-corrected chi connectivity index (χ0v) is 9.74. The lowest BCUT2D eigenvalue weighted by Gasteiger charge is -1.80. The number of aromatic nitrogens is 4. The van der Waals surface area contributed by atoms with E-state index >= 15 is 0 Å². The van der Waals surface area contributed by atoms with Gasteiger partial charge in [0.1, 0.15) is 0 Å². The topological polar surface area (TPSA) is 54.5 Å². The zero-order valence-electron chi connectivity index (χ0n) is 6.47. The summed E-state index contributed by atoms with van der Waals surface area (Å²) in [6, 6.07) is 0. The lowest BCUT2D eigenvalue weighted by molar-refractivity contribution is 1.01. The van der Waals surface area contributed by atoms with E-state index in [-0.39, 0.29) is 0 Å². The van der Waals surface area contributed by atoms with Gasteiger partial charge in [-0.1, -0.05) is 34.4 Å². The van der Waals surface area contributed by atoms with E-state index in [4.69, 9.17) is 12.2 Å². The molecule has 8 heteroatoms. The molecule has 0 saturated heterocycles. The van der Waals surface area contributed by atoms with Gasteiger partial charge in [0.25, 0.3) is 0 Å². The average Bonchev–Trinajstić information content (AvgIpc) is 2.71. The Balaban J connectivity index is 2.40. The molecule has 13 heavy (non-hydrogen) atoms. The van der Waals surface area contributed by atoms with Crippen LogP contribution < -0.4 is 0 Å². The summed E-state index contributed by atoms with van der Waals surface area (Å²) in [5, 5.41) is 16.3. The maximum atomic E-state index is 4.92. The van der Waals surface area contributed by atoms with E-state index in [0.29, 0.717) is 3.95 Å². The minimum Gasteiger partial charge on any atom is -0.258 e. The molecule has 0 aromatic carbocycles. The van der Waals surface area contributed by atoms with Gasteiger partial charge in [0.15, 0.2) is 18.3 Å². The molecule has 0 bridgehead atoms. The molecule has 2 heterocycles. The second-order valence-electron chi connectivity index (χ2n) is 2.00. The molecule has 0 amide bonds. The van der Waals surface area contributed by atoms with Crippen LogP contribution in [0.4, 0.5) is 0 Å². The molecule has 0 atom stereocenters. The minimum absolute atomic E-state index is 0.663. The fraction of sp³-hybridized carbons (Fsp3) is 0.200. The standard InChI is InChI=1S/C5H4N4S4/c1-11-5-9-7-3(13-5)2-6-8-4(10)12-2/h1H3,(H,8,10). The molecule has 2 rings (SSSR count). The first kappa shape index (κ1) is 9.25. The summed E-state index contributed by atoms with van der Waals surface area (Å²) in [7, 11) is 0. The Hall–Kier alpha value is -0.310. The number of nitrogens with one attached hydrogen (secondary N) is 1. The van der Waals surface area contributed by atoms with Gasteiger partial charge in [-0.15, -0.1) is 10.2 Å². The molecule has 68 valence electrons. The van der Waals surface area contributed by atoms with Gasteiger partial charge in [0.05, 0.1) is 0 Å². The Labute approximate surface area is 91.4 Å². The van der Waals surface area contributed by atoms with Crippen molar-refractivity contribution in [2.24, 2.45) is 0 Å². The van der Waals surface area contributed by atoms with Crippen molar-refractivity contribution < 1.29 is 0 Å². The number of hydrogen-bond donors (Lipinski definition) is 1. The Kier molecular flexibility index (Phi) is 2.72. The Morgan fingerprint density at radius 3 is 2.69 bits per heavy atom. The van der Waals surface area contributed by atoms with Crippen LogP contribution in [-0.4, -0.2) is 26.7 Å². The van der Waals surface area contributed by atoms with E-state index in [9.17, 15) is 0 Å². The quantitative estimate of drug-likeness (QED) is 0.653. The Morgan fingerprint density at radius 1 is 1.31 bits per heavy atom. The van der Waals surface area contributed by atoms with Gasteiger partial charge in [-0.3, -0.25) is 5.10 Å². The number of thioether (sulfide) groups is 1. The maximum absolute atomic E-state index is 4.92. The van der Waals surface area contributed by atoms with Gasteiger partial charge in [0, 0.05) is 0 Å². The van der Waals surface area contributed by atoms with E-state index in [0.717, 1.165) is 14.4 Å². The summed E-state index contributed by atoms with van der Waals surface area (Å²) in [5.41, 5.74) is 0. The van der Waals surface area contributed by atoms with Crippen LogP contribution >= 0.6 is 46.7 Å². The van der Waals surface area contributed by atoms with Crippen molar-refractivity contribution >= 4 is 46.7 Å². The van der Waals surface area contributed by atoms with Crippen LogP contribution in [0.1, 0.15) is 0 Å². The van der Waals surface area contributed by atoms with Gasteiger partial charge in [-0.05, 0) is 18.5 Å². The smallest absolute Gasteiger partial charge is 0.179 e. The first-order chi connectivity index (χ1) is 6.29. The van der Waals surface area contributed by atoms with Crippen LogP contribution in [0.25, 0.3) is 10.0 Å². The fourth-order valence-electron chi connectivity index (χ4n) is 0.700. The summed E-state index contributed by atoms with van der Waals surface area (Å²) >= 11 is 9.43. The van der Waals surface area contributed by atoms with Gasteiger partial charge < -0.3 is 0 Å². The molecule has 0 unspecified atom stereocenters. The number of hydrogen-bond acceptors (Lipinski definition) is 7. The third kappa shape index (κ3) is 1.96. The van der Waals surface area contributed by atoms with E-state index in [2.05, 4.69) is 20.4 Å². The minimum atomic E-state index is 0.663. The van der Waals surface area contributed by atoms with Crippen molar-refractivity contribution in [3.63, 3.8) is 0 Å². The van der Waals surface area contributed by atoms with Crippen molar-refractivity contribution in [2.45, 2.75) is 4.34 Å². The number of H-pyrrole nitrogens is 1. The largest absolute Gasteiger partial charge is 0.258 e. The average molecular weight is 248 g/mol. The summed E-state index contributed by atoms with van der Waals surface area (Å²) in [5.74, 6) is 0. The summed E-state index contributed by atoms with van der Waals surface area (Å²) in [6.07, 6.45) is 1.97. The van der Waals surface area contributed by atoms with Gasteiger partial charge >= 0.3 is 0 Å². The van der Waals surface area contributed by atoms with Crippen molar-refractivity contribution in [1.82, 2.24) is 20.4 Å². The van der Waals surface area contributed by atoms with E-state index in [1.165, 1.54) is 22.7 Å². The van der Waals surface area contributed by atoms with Crippen molar-refractivity contribution in [1.29, 1.82) is 0 Å². The SMILES string of the molecule is CSc1nnc(-c2n[nH]c(=S)s2)s1. The normalized spacial score (nSPS) is 10.5. The van der Waals surface area contributed by atoms with E-state index in [1.807, 2.05) is 6.26 Å². The van der Waals surface area contributed by atoms with E-state index in [1.54, 1.807) is 11.8 Å². The fourth-order valence-corrected chi connectivity index (χ4v) is 2.87. The predicted molar refractivity (Wildman–Crippen MR) is 58.0 cm³/mol. The molecule has 0 spiro atoms. The van der Waals surface area contributed by atoms with Gasteiger partial charge in [-0.25, -0.2) is 0 Å². The highest BCUT2D eigenvalue weighted by atomic mass is 32.2. The van der Waals surface area contributed by atoms with Gasteiger partial charge in [-0.2, -0.15) is 5.10 Å². The molecule has 0 aliphatic rings. The molecule has 1 N–H and O–H groups in total. The molecule has 0 aliphatic carbocycles. The molecule has 0 aliphatic heterocycles. The van der Waals surface area contributed by atoms with Crippen LogP contribution in [0.15, 0.2) is 4.34 Å². The monoisotopic (exact) mass is 248 g/mol.